The molecule has 0 fully saturated rings. The zero-order valence-electron chi connectivity index (χ0n) is 6.81. The summed E-state index contributed by atoms with van der Waals surface area (Å²) in [6.45, 7) is 11.6. The fourth-order valence-corrected chi connectivity index (χ4v) is 3.20. The molecule has 0 aromatic rings. The first-order valence-electron chi connectivity index (χ1n) is 3.33. The molecule has 0 N–H and O–H groups in total. The van der Waals surface area contributed by atoms with Gasteiger partial charge in [0, 0.05) is 0 Å². The molecule has 0 aromatic heterocycles. The fraction of sp³-hybridized carbons (Fsp3) is 0.500. The summed E-state index contributed by atoms with van der Waals surface area (Å²) in [6.07, 6.45) is 5.65. The van der Waals surface area contributed by atoms with Gasteiger partial charge in [0.25, 0.3) is 0 Å². The van der Waals surface area contributed by atoms with E-state index in [1.54, 1.807) is 0 Å². The van der Waals surface area contributed by atoms with Gasteiger partial charge in [0.15, 0.2) is 0 Å². The van der Waals surface area contributed by atoms with Crippen LogP contribution in [0, 0.1) is 0 Å². The quantitative estimate of drug-likeness (QED) is 0.458. The summed E-state index contributed by atoms with van der Waals surface area (Å²) in [5.41, 5.74) is 0. The predicted octanol–water partition coefficient (Wildman–Crippen LogP) is 3.33. The third-order valence-corrected chi connectivity index (χ3v) is 4.98. The molecule has 0 aliphatic carbocycles. The molecule has 0 heterocycles. The Labute approximate surface area is 68.7 Å². The van der Waals surface area contributed by atoms with E-state index in [-0.39, 0.29) is 0 Å². The second-order valence-electron chi connectivity index (χ2n) is 3.46. The number of rotatable bonds is 4. The summed E-state index contributed by atoms with van der Waals surface area (Å²) in [4.78, 5) is 0. The van der Waals surface area contributed by atoms with E-state index in [1.165, 1.54) is 0 Å². The summed E-state index contributed by atoms with van der Waals surface area (Å²) in [5, 5.41) is 0. The first-order chi connectivity index (χ1) is 4.39. The van der Waals surface area contributed by atoms with E-state index in [9.17, 15) is 0 Å². The second kappa shape index (κ2) is 3.07. The molecule has 0 nitrogen and oxygen atoms in total. The molecule has 0 bridgehead atoms. The van der Waals surface area contributed by atoms with Gasteiger partial charge in [-0.1, -0.05) is 0 Å². The fourth-order valence-electron chi connectivity index (χ4n) is 0.871. The van der Waals surface area contributed by atoms with E-state index in [4.69, 9.17) is 11.2 Å². The van der Waals surface area contributed by atoms with E-state index in [0.29, 0.717) is 0 Å². The van der Waals surface area contributed by atoms with Crippen molar-refractivity contribution >= 4 is 17.2 Å². The van der Waals surface area contributed by atoms with Gasteiger partial charge in [-0.25, -0.2) is 0 Å². The maximum absolute atomic E-state index is 6.38. The minimum atomic E-state index is -1.92. The SMILES string of the molecule is C=CCP(C)(C)(Cl)CC=C. The van der Waals surface area contributed by atoms with Gasteiger partial charge < -0.3 is 0 Å². The molecule has 0 aliphatic heterocycles. The van der Waals surface area contributed by atoms with Crippen LogP contribution in [0.3, 0.4) is 0 Å². The van der Waals surface area contributed by atoms with Crippen LogP contribution in [0.25, 0.3) is 0 Å². The molecule has 0 aliphatic rings. The first-order valence-corrected chi connectivity index (χ1v) is 7.73. The monoisotopic (exact) mass is 178 g/mol. The van der Waals surface area contributed by atoms with Crippen molar-refractivity contribution in [1.29, 1.82) is 0 Å². The molecule has 0 amide bonds. The van der Waals surface area contributed by atoms with Crippen molar-refractivity contribution < 1.29 is 0 Å². The zero-order chi connectivity index (χ0) is 8.28. The van der Waals surface area contributed by atoms with Crippen LogP contribution in [0.1, 0.15) is 0 Å². The summed E-state index contributed by atoms with van der Waals surface area (Å²) in [6, 6.07) is 0. The Morgan fingerprint density at radius 1 is 1.20 bits per heavy atom. The third kappa shape index (κ3) is 4.09. The zero-order valence-corrected chi connectivity index (χ0v) is 8.46. The number of halogens is 1. The van der Waals surface area contributed by atoms with Crippen molar-refractivity contribution in [3.05, 3.63) is 25.3 Å². The molecule has 0 aromatic carbocycles. The van der Waals surface area contributed by atoms with Crippen LogP contribution < -0.4 is 0 Å². The van der Waals surface area contributed by atoms with E-state index in [0.717, 1.165) is 12.3 Å². The molecule has 2 heteroatoms. The Morgan fingerprint density at radius 3 is 1.70 bits per heavy atom. The van der Waals surface area contributed by atoms with Crippen molar-refractivity contribution in [3.8, 4) is 0 Å². The molecule has 0 atom stereocenters. The summed E-state index contributed by atoms with van der Waals surface area (Å²) < 4.78 is 0. The molecule has 0 spiro atoms. The Balaban J connectivity index is 4.23. The Kier molecular flexibility index (Phi) is 3.13. The van der Waals surface area contributed by atoms with Crippen molar-refractivity contribution in [2.75, 3.05) is 25.7 Å². The van der Waals surface area contributed by atoms with E-state index >= 15 is 0 Å². The molecular formula is C8H16ClP. The second-order valence-corrected chi connectivity index (χ2v) is 12.7. The van der Waals surface area contributed by atoms with Crippen LogP contribution in [-0.2, 0) is 0 Å². The van der Waals surface area contributed by atoms with Gasteiger partial charge in [0.1, 0.15) is 0 Å². The molecule has 0 saturated carbocycles. The molecule has 0 rings (SSSR count). The standard InChI is InChI=1S/C8H16ClP/c1-5-7-10(3,4,9)8-6-2/h5-6H,1-2,7-8H2,3-4H3. The molecule has 0 radical (unpaired) electrons. The third-order valence-electron chi connectivity index (χ3n) is 1.38. The van der Waals surface area contributed by atoms with E-state index in [2.05, 4.69) is 26.5 Å². The maximum atomic E-state index is 6.38. The summed E-state index contributed by atoms with van der Waals surface area (Å²) in [5.74, 6) is -1.92. The summed E-state index contributed by atoms with van der Waals surface area (Å²) in [7, 11) is 0. The average molecular weight is 179 g/mol. The molecular weight excluding hydrogens is 163 g/mol. The van der Waals surface area contributed by atoms with Crippen LogP contribution in [0.2, 0.25) is 0 Å². The van der Waals surface area contributed by atoms with Gasteiger partial charge in [-0.15, -0.1) is 0 Å². The van der Waals surface area contributed by atoms with Crippen molar-refractivity contribution in [1.82, 2.24) is 0 Å². The summed E-state index contributed by atoms with van der Waals surface area (Å²) >= 11 is 6.38. The van der Waals surface area contributed by atoms with Gasteiger partial charge in [-0.2, -0.15) is 0 Å². The number of hydrogen-bond donors (Lipinski definition) is 0. The number of allylic oxidation sites excluding steroid dienone is 2. The van der Waals surface area contributed by atoms with Crippen molar-refractivity contribution in [2.24, 2.45) is 0 Å². The van der Waals surface area contributed by atoms with Crippen LogP contribution in [0.5, 0.6) is 0 Å². The molecule has 10 heavy (non-hydrogen) atoms. The Hall–Kier alpha value is 0.200. The van der Waals surface area contributed by atoms with Gasteiger partial charge in [0.2, 0.25) is 0 Å². The minimum absolute atomic E-state index is 0.930. The molecule has 0 saturated heterocycles. The van der Waals surface area contributed by atoms with Crippen molar-refractivity contribution in [2.45, 2.75) is 0 Å². The predicted molar refractivity (Wildman–Crippen MR) is 54.7 cm³/mol. The van der Waals surface area contributed by atoms with Gasteiger partial charge in [0.05, 0.1) is 0 Å². The Morgan fingerprint density at radius 2 is 1.50 bits per heavy atom. The topological polar surface area (TPSA) is 0 Å². The van der Waals surface area contributed by atoms with E-state index in [1.807, 2.05) is 12.2 Å². The molecule has 60 valence electrons. The van der Waals surface area contributed by atoms with Crippen LogP contribution in [-0.4, -0.2) is 25.7 Å². The van der Waals surface area contributed by atoms with Gasteiger partial charge >= 0.3 is 68.2 Å². The van der Waals surface area contributed by atoms with E-state index < -0.39 is 5.96 Å². The van der Waals surface area contributed by atoms with Gasteiger partial charge in [-0.05, 0) is 0 Å². The molecule has 0 unspecified atom stereocenters. The first kappa shape index (κ1) is 10.2. The van der Waals surface area contributed by atoms with Gasteiger partial charge in [-0.3, -0.25) is 0 Å². The Bertz CT molecular complexity index is 127. The van der Waals surface area contributed by atoms with Crippen LogP contribution in [0.15, 0.2) is 25.3 Å². The number of hydrogen-bond acceptors (Lipinski definition) is 0. The van der Waals surface area contributed by atoms with Crippen LogP contribution in [0.4, 0.5) is 0 Å². The normalized spacial score (nSPS) is 15.3. The van der Waals surface area contributed by atoms with Crippen molar-refractivity contribution in [3.63, 3.8) is 0 Å². The average Bonchev–Trinajstić information content (AvgIpc) is 1.61. The van der Waals surface area contributed by atoms with Crippen LogP contribution >= 0.6 is 17.2 Å².